The summed E-state index contributed by atoms with van der Waals surface area (Å²) in [5.74, 6) is -0.0107. The zero-order valence-electron chi connectivity index (χ0n) is 33.8. The van der Waals surface area contributed by atoms with E-state index in [9.17, 15) is 10.2 Å². The van der Waals surface area contributed by atoms with Gasteiger partial charge in [0, 0.05) is 11.1 Å². The number of rotatable bonds is 2. The topological polar surface area (TPSA) is 89.9 Å². The Bertz CT molecular complexity index is 2160. The van der Waals surface area contributed by atoms with Gasteiger partial charge >= 0.3 is 0 Å². The molecule has 0 aliphatic carbocycles. The first-order valence-electron chi connectivity index (χ1n) is 18.8. The van der Waals surface area contributed by atoms with Gasteiger partial charge in [-0.25, -0.2) is 20.0 Å². The van der Waals surface area contributed by atoms with Crippen LogP contribution in [-0.2, 0) is 21.7 Å². The molecule has 0 amide bonds. The summed E-state index contributed by atoms with van der Waals surface area (Å²) in [6.45, 7) is 26.6. The van der Waals surface area contributed by atoms with Crippen LogP contribution in [-0.4, -0.2) is 33.1 Å². The lowest BCUT2D eigenvalue weighted by atomic mass is 9.78. The third kappa shape index (κ3) is 6.90. The molecule has 0 spiro atoms. The highest BCUT2D eigenvalue weighted by molar-refractivity contribution is 6.34. The summed E-state index contributed by atoms with van der Waals surface area (Å²) in [6, 6.07) is 13.4. The highest BCUT2D eigenvalue weighted by atomic mass is 16.3. The van der Waals surface area contributed by atoms with Gasteiger partial charge < -0.3 is 10.2 Å². The molecule has 0 aromatic heterocycles. The van der Waals surface area contributed by atoms with Gasteiger partial charge in [0.05, 0.1) is 22.8 Å². The van der Waals surface area contributed by atoms with Crippen molar-refractivity contribution in [3.63, 3.8) is 0 Å². The molecular formula is C48H52N4O2. The summed E-state index contributed by atoms with van der Waals surface area (Å²) in [5, 5.41) is 23.6. The van der Waals surface area contributed by atoms with E-state index in [4.69, 9.17) is 20.0 Å². The van der Waals surface area contributed by atoms with E-state index in [1.165, 1.54) is 22.3 Å². The van der Waals surface area contributed by atoms with E-state index < -0.39 is 0 Å². The average Bonchev–Trinajstić information content (AvgIpc) is 3.91. The maximum atomic E-state index is 11.8. The molecule has 0 saturated heterocycles. The minimum atomic E-state index is -0.108. The monoisotopic (exact) mass is 716 g/mol. The number of aliphatic hydroxyl groups is 2. The maximum Gasteiger partial charge on any atom is 0.167 e. The summed E-state index contributed by atoms with van der Waals surface area (Å²) >= 11 is 0. The Kier molecular flexibility index (Phi) is 8.64. The molecule has 54 heavy (non-hydrogen) atoms. The smallest absolute Gasteiger partial charge is 0.167 e. The third-order valence-electron chi connectivity index (χ3n) is 10.5. The van der Waals surface area contributed by atoms with Gasteiger partial charge in [0.2, 0.25) is 0 Å². The summed E-state index contributed by atoms with van der Waals surface area (Å²) in [6.07, 6.45) is 15.0. The fraction of sp³-hybridized carbons (Fsp3) is 0.333. The molecule has 0 radical (unpaired) electrons. The van der Waals surface area contributed by atoms with Crippen molar-refractivity contribution < 1.29 is 10.2 Å². The molecule has 0 fully saturated rings. The van der Waals surface area contributed by atoms with Crippen LogP contribution in [0.2, 0.25) is 0 Å². The molecule has 2 aromatic rings. The molecule has 276 valence electrons. The lowest BCUT2D eigenvalue weighted by Crippen LogP contribution is -2.17. The fourth-order valence-corrected chi connectivity index (χ4v) is 6.93. The SMILES string of the molecule is CC(C)(C)c1cc(C2=C3C=CC(=N3)C(O)=C3C=CC(=N3)C(c3cc(C(C)(C)C)cc(C(C)(C)C)c3)=C3C=CC(=N3)C(O)=C3C=CC2=N3)cc(C(C)(C)C)c1. The van der Waals surface area contributed by atoms with Crippen LogP contribution in [0.3, 0.4) is 0 Å². The lowest BCUT2D eigenvalue weighted by molar-refractivity contribution is 0.438. The number of hydrogen-bond acceptors (Lipinski definition) is 6. The first-order chi connectivity index (χ1) is 25.1. The standard InChI is InChI=1S/C48H52N4O2/c1-45(2,3)29-21-27(22-30(25-29)46(4,5)6)41-33-13-17-37(49-33)43(53)39-19-15-35(51-39)42(28-23-31(47(7,8)9)26-32(24-28)48(10,11)12)36-16-20-40(52-36)44(54)38-18-14-34(41)50-38/h13-26,53-54H,1-12H3. The summed E-state index contributed by atoms with van der Waals surface area (Å²) in [5.41, 5.74) is 12.3. The van der Waals surface area contributed by atoms with Crippen molar-refractivity contribution in [3.05, 3.63) is 153 Å². The minimum absolute atomic E-state index is 0.00535. The quantitative estimate of drug-likeness (QED) is 0.324. The molecule has 7 rings (SSSR count). The highest BCUT2D eigenvalue weighted by Crippen LogP contribution is 2.39. The van der Waals surface area contributed by atoms with E-state index in [1.54, 1.807) is 0 Å². The number of allylic oxidation sites excluding steroid dienone is 10. The largest absolute Gasteiger partial charge is 0.504 e. The van der Waals surface area contributed by atoms with E-state index in [0.29, 0.717) is 45.6 Å². The maximum absolute atomic E-state index is 11.8. The molecule has 0 atom stereocenters. The van der Waals surface area contributed by atoms with Crippen LogP contribution in [0.4, 0.5) is 0 Å². The number of aliphatic imine (C=N–C) groups is 4. The van der Waals surface area contributed by atoms with Gasteiger partial charge in [0.15, 0.2) is 11.5 Å². The van der Waals surface area contributed by atoms with Crippen molar-refractivity contribution in [2.24, 2.45) is 20.0 Å². The van der Waals surface area contributed by atoms with Crippen LogP contribution in [0.25, 0.3) is 11.1 Å². The van der Waals surface area contributed by atoms with E-state index in [-0.39, 0.29) is 33.2 Å². The molecule has 2 aromatic carbocycles. The highest BCUT2D eigenvalue weighted by Gasteiger charge is 2.30. The molecule has 6 nitrogen and oxygen atoms in total. The van der Waals surface area contributed by atoms with E-state index in [1.807, 2.05) is 48.6 Å². The van der Waals surface area contributed by atoms with Gasteiger partial charge in [0.1, 0.15) is 22.8 Å². The summed E-state index contributed by atoms with van der Waals surface area (Å²) in [4.78, 5) is 20.1. The zero-order chi connectivity index (χ0) is 39.1. The molecule has 6 heteroatoms. The average molecular weight is 717 g/mol. The van der Waals surface area contributed by atoms with Crippen LogP contribution in [0.5, 0.6) is 0 Å². The Balaban J connectivity index is 1.49. The van der Waals surface area contributed by atoms with Crippen molar-refractivity contribution in [1.82, 2.24) is 0 Å². The van der Waals surface area contributed by atoms with Gasteiger partial charge in [-0.1, -0.05) is 119 Å². The van der Waals surface area contributed by atoms with Crippen LogP contribution < -0.4 is 0 Å². The fourth-order valence-electron chi connectivity index (χ4n) is 6.93. The van der Waals surface area contributed by atoms with Crippen molar-refractivity contribution in [1.29, 1.82) is 0 Å². The number of nitrogens with zero attached hydrogens (tertiary/aromatic N) is 4. The Morgan fingerprint density at radius 1 is 0.333 bits per heavy atom. The minimum Gasteiger partial charge on any atom is -0.504 e. The van der Waals surface area contributed by atoms with Crippen molar-refractivity contribution in [2.45, 2.75) is 105 Å². The number of aliphatic hydroxyl groups excluding tert-OH is 2. The van der Waals surface area contributed by atoms with Gasteiger partial charge in [0.25, 0.3) is 0 Å². The third-order valence-corrected chi connectivity index (χ3v) is 10.5. The van der Waals surface area contributed by atoms with E-state index >= 15 is 0 Å². The zero-order valence-corrected chi connectivity index (χ0v) is 33.8. The summed E-state index contributed by atoms with van der Waals surface area (Å²) < 4.78 is 0. The number of fused-ring (bicyclic) bond motifs is 4. The van der Waals surface area contributed by atoms with Crippen LogP contribution in [0, 0.1) is 0 Å². The Labute approximate surface area is 320 Å². The Morgan fingerprint density at radius 3 is 0.889 bits per heavy atom. The molecule has 8 bridgehead atoms. The molecule has 5 aliphatic heterocycles. The Hall–Kier alpha value is -5.36. The second-order valence-electron chi connectivity index (χ2n) is 18.9. The van der Waals surface area contributed by atoms with Gasteiger partial charge in [-0.05, 0) is 104 Å². The first-order valence-corrected chi connectivity index (χ1v) is 18.8. The summed E-state index contributed by atoms with van der Waals surface area (Å²) in [7, 11) is 0. The van der Waals surface area contributed by atoms with E-state index in [2.05, 4.69) is 119 Å². The van der Waals surface area contributed by atoms with E-state index in [0.717, 1.165) is 22.3 Å². The molecule has 0 unspecified atom stereocenters. The molecular weight excluding hydrogens is 665 g/mol. The van der Waals surface area contributed by atoms with Crippen molar-refractivity contribution >= 4 is 34.0 Å². The second kappa shape index (κ2) is 12.6. The second-order valence-corrected chi connectivity index (χ2v) is 18.9. The Morgan fingerprint density at radius 2 is 0.593 bits per heavy atom. The molecule has 5 heterocycles. The van der Waals surface area contributed by atoms with Gasteiger partial charge in [-0.15, -0.1) is 0 Å². The lowest BCUT2D eigenvalue weighted by Gasteiger charge is -2.27. The van der Waals surface area contributed by atoms with Crippen LogP contribution in [0.1, 0.15) is 116 Å². The van der Waals surface area contributed by atoms with Gasteiger partial charge in [-0.3, -0.25) is 0 Å². The van der Waals surface area contributed by atoms with Gasteiger partial charge in [-0.2, -0.15) is 0 Å². The molecule has 5 aliphatic rings. The predicted molar refractivity (Wildman–Crippen MR) is 227 cm³/mol. The number of hydrogen-bond donors (Lipinski definition) is 2. The first kappa shape index (κ1) is 37.0. The predicted octanol–water partition coefficient (Wildman–Crippen LogP) is 11.6. The number of benzene rings is 2. The van der Waals surface area contributed by atoms with Crippen LogP contribution in [0.15, 0.2) is 139 Å². The van der Waals surface area contributed by atoms with Crippen molar-refractivity contribution in [2.75, 3.05) is 0 Å². The van der Waals surface area contributed by atoms with Crippen LogP contribution >= 0.6 is 0 Å². The molecule has 0 saturated carbocycles. The normalized spacial score (nSPS) is 18.7. The van der Waals surface area contributed by atoms with Crippen molar-refractivity contribution in [3.8, 4) is 0 Å². The molecule has 2 N–H and O–H groups in total.